The summed E-state index contributed by atoms with van der Waals surface area (Å²) in [6.45, 7) is 6.38. The first-order valence-electron chi connectivity index (χ1n) is 15.0. The monoisotopic (exact) mass is 570 g/mol. The van der Waals surface area contributed by atoms with Crippen molar-refractivity contribution < 1.29 is 19.1 Å². The maximum absolute atomic E-state index is 14.1. The Labute approximate surface area is 248 Å². The SMILES string of the molecule is CCOc1ccc(C(C(=O)NC2CCCCC2)N(C(=O)CCCC(=O)Nc2ccccn2)c2cc(C)ccc2C)cc1. The summed E-state index contributed by atoms with van der Waals surface area (Å²) in [5.74, 6) is 0.551. The van der Waals surface area contributed by atoms with Crippen molar-refractivity contribution in [2.45, 2.75) is 84.2 Å². The second-order valence-corrected chi connectivity index (χ2v) is 10.9. The second-order valence-electron chi connectivity index (χ2n) is 10.9. The van der Waals surface area contributed by atoms with Gasteiger partial charge in [-0.15, -0.1) is 0 Å². The Morgan fingerprint density at radius 1 is 0.976 bits per heavy atom. The highest BCUT2D eigenvalue weighted by Gasteiger charge is 2.34. The van der Waals surface area contributed by atoms with E-state index in [4.69, 9.17) is 4.74 Å². The standard InChI is InChI=1S/C34H42N4O4/c1-4-42-28-20-18-26(19-21-28)33(34(41)36-27-11-6-5-7-12-27)38(29-23-24(2)16-17-25(29)3)32(40)15-10-14-31(39)37-30-13-8-9-22-35-30/h8-9,13,16-23,27,33H,4-7,10-12,14-15H2,1-3H3,(H,36,41)(H,35,37,39). The number of aromatic nitrogens is 1. The topological polar surface area (TPSA) is 101 Å². The highest BCUT2D eigenvalue weighted by Crippen LogP contribution is 2.33. The molecule has 0 aliphatic heterocycles. The third-order valence-corrected chi connectivity index (χ3v) is 7.58. The van der Waals surface area contributed by atoms with E-state index < -0.39 is 6.04 Å². The number of amides is 3. The highest BCUT2D eigenvalue weighted by molar-refractivity contribution is 6.02. The summed E-state index contributed by atoms with van der Waals surface area (Å²) in [7, 11) is 0. The summed E-state index contributed by atoms with van der Waals surface area (Å²) in [4.78, 5) is 46.5. The minimum Gasteiger partial charge on any atom is -0.494 e. The minimum atomic E-state index is -0.877. The predicted octanol–water partition coefficient (Wildman–Crippen LogP) is 6.43. The lowest BCUT2D eigenvalue weighted by Crippen LogP contribution is -2.47. The number of carbonyl (C=O) groups is 3. The summed E-state index contributed by atoms with van der Waals surface area (Å²) >= 11 is 0. The van der Waals surface area contributed by atoms with E-state index in [0.717, 1.165) is 36.8 Å². The molecule has 2 N–H and O–H groups in total. The van der Waals surface area contributed by atoms with E-state index in [-0.39, 0.29) is 36.6 Å². The van der Waals surface area contributed by atoms with Gasteiger partial charge in [-0.05, 0) is 87.1 Å². The number of nitrogens with one attached hydrogen (secondary N) is 2. The van der Waals surface area contributed by atoms with E-state index in [0.29, 0.717) is 35.8 Å². The van der Waals surface area contributed by atoms with E-state index in [2.05, 4.69) is 15.6 Å². The van der Waals surface area contributed by atoms with Crippen LogP contribution in [-0.4, -0.2) is 35.4 Å². The Bertz CT molecular complexity index is 1340. The van der Waals surface area contributed by atoms with E-state index in [1.165, 1.54) is 6.42 Å². The normalized spacial score (nSPS) is 14.1. The van der Waals surface area contributed by atoms with Gasteiger partial charge in [0.15, 0.2) is 0 Å². The molecule has 8 nitrogen and oxygen atoms in total. The number of aryl methyl sites for hydroxylation is 2. The number of rotatable bonds is 12. The molecule has 2 aromatic carbocycles. The zero-order valence-electron chi connectivity index (χ0n) is 24.9. The molecule has 1 aliphatic rings. The smallest absolute Gasteiger partial charge is 0.248 e. The van der Waals surface area contributed by atoms with Gasteiger partial charge in [0.1, 0.15) is 17.6 Å². The fraction of sp³-hybridized carbons (Fsp3) is 0.412. The molecule has 0 spiro atoms. The Hall–Kier alpha value is -4.20. The van der Waals surface area contributed by atoms with Crippen LogP contribution in [0.2, 0.25) is 0 Å². The lowest BCUT2D eigenvalue weighted by molar-refractivity contribution is -0.127. The Kier molecular flexibility index (Phi) is 11.1. The lowest BCUT2D eigenvalue weighted by Gasteiger charge is -2.34. The van der Waals surface area contributed by atoms with Crippen molar-refractivity contribution in [1.82, 2.24) is 10.3 Å². The first kappa shape index (κ1) is 30.8. The number of pyridine rings is 1. The fourth-order valence-corrected chi connectivity index (χ4v) is 5.42. The number of benzene rings is 2. The molecule has 0 radical (unpaired) electrons. The molecule has 3 amide bonds. The van der Waals surface area contributed by atoms with Gasteiger partial charge in [-0.1, -0.05) is 49.6 Å². The molecule has 1 unspecified atom stereocenters. The number of ether oxygens (including phenoxy) is 1. The van der Waals surface area contributed by atoms with E-state index in [1.54, 1.807) is 29.3 Å². The zero-order chi connectivity index (χ0) is 29.9. The summed E-state index contributed by atoms with van der Waals surface area (Å²) in [5.41, 5.74) is 3.27. The molecule has 1 aromatic heterocycles. The first-order chi connectivity index (χ1) is 20.4. The van der Waals surface area contributed by atoms with Crippen molar-refractivity contribution >= 4 is 29.2 Å². The molecular formula is C34H42N4O4. The minimum absolute atomic E-state index is 0.0855. The van der Waals surface area contributed by atoms with Crippen molar-refractivity contribution in [3.8, 4) is 5.75 Å². The number of carbonyl (C=O) groups excluding carboxylic acids is 3. The van der Waals surface area contributed by atoms with Gasteiger partial charge in [-0.25, -0.2) is 4.98 Å². The van der Waals surface area contributed by atoms with Crippen LogP contribution < -0.4 is 20.3 Å². The molecule has 0 saturated heterocycles. The molecule has 1 saturated carbocycles. The summed E-state index contributed by atoms with van der Waals surface area (Å²) in [5, 5.41) is 6.03. The van der Waals surface area contributed by atoms with Gasteiger partial charge in [-0.3, -0.25) is 19.3 Å². The molecule has 42 heavy (non-hydrogen) atoms. The maximum atomic E-state index is 14.1. The van der Waals surface area contributed by atoms with Crippen molar-refractivity contribution in [3.63, 3.8) is 0 Å². The van der Waals surface area contributed by atoms with Gasteiger partial charge >= 0.3 is 0 Å². The van der Waals surface area contributed by atoms with Crippen LogP contribution in [0, 0.1) is 13.8 Å². The number of nitrogens with zero attached hydrogens (tertiary/aromatic N) is 2. The van der Waals surface area contributed by atoms with Crippen molar-refractivity contribution in [1.29, 1.82) is 0 Å². The molecule has 4 rings (SSSR count). The van der Waals surface area contributed by atoms with Gasteiger partial charge < -0.3 is 15.4 Å². The molecular weight excluding hydrogens is 528 g/mol. The summed E-state index contributed by atoms with van der Waals surface area (Å²) < 4.78 is 5.64. The van der Waals surface area contributed by atoms with Crippen molar-refractivity contribution in [2.75, 3.05) is 16.8 Å². The van der Waals surface area contributed by atoms with E-state index >= 15 is 0 Å². The molecule has 1 fully saturated rings. The van der Waals surface area contributed by atoms with Crippen LogP contribution in [0.3, 0.4) is 0 Å². The molecule has 1 heterocycles. The number of hydrogen-bond donors (Lipinski definition) is 2. The highest BCUT2D eigenvalue weighted by atomic mass is 16.5. The van der Waals surface area contributed by atoms with Crippen LogP contribution in [-0.2, 0) is 14.4 Å². The maximum Gasteiger partial charge on any atom is 0.248 e. The van der Waals surface area contributed by atoms with Crippen LogP contribution >= 0.6 is 0 Å². The average molecular weight is 571 g/mol. The average Bonchev–Trinajstić information content (AvgIpc) is 2.99. The fourth-order valence-electron chi connectivity index (χ4n) is 5.42. The predicted molar refractivity (Wildman–Crippen MR) is 165 cm³/mol. The quantitative estimate of drug-likeness (QED) is 0.261. The Morgan fingerprint density at radius 3 is 2.43 bits per heavy atom. The van der Waals surface area contributed by atoms with Crippen LogP contribution in [0.15, 0.2) is 66.9 Å². The van der Waals surface area contributed by atoms with Crippen LogP contribution in [0.4, 0.5) is 11.5 Å². The van der Waals surface area contributed by atoms with Crippen molar-refractivity contribution in [3.05, 3.63) is 83.6 Å². The second kappa shape index (κ2) is 15.1. The first-order valence-corrected chi connectivity index (χ1v) is 15.0. The van der Waals surface area contributed by atoms with Crippen LogP contribution in [0.5, 0.6) is 5.75 Å². The third kappa shape index (κ3) is 8.41. The van der Waals surface area contributed by atoms with Crippen molar-refractivity contribution in [2.24, 2.45) is 0 Å². The summed E-state index contributed by atoms with van der Waals surface area (Å²) in [6.07, 6.45) is 7.42. The third-order valence-electron chi connectivity index (χ3n) is 7.58. The molecule has 222 valence electrons. The van der Waals surface area contributed by atoms with Gasteiger partial charge in [0, 0.05) is 30.8 Å². The van der Waals surface area contributed by atoms with Crippen LogP contribution in [0.25, 0.3) is 0 Å². The van der Waals surface area contributed by atoms with E-state index in [9.17, 15) is 14.4 Å². The zero-order valence-corrected chi connectivity index (χ0v) is 24.9. The lowest BCUT2D eigenvalue weighted by atomic mass is 9.94. The van der Waals surface area contributed by atoms with Crippen LogP contribution in [0.1, 0.15) is 81.0 Å². The number of anilines is 2. The van der Waals surface area contributed by atoms with Gasteiger partial charge in [0.25, 0.3) is 0 Å². The van der Waals surface area contributed by atoms with Gasteiger partial charge in [-0.2, -0.15) is 0 Å². The largest absolute Gasteiger partial charge is 0.494 e. The molecule has 0 bridgehead atoms. The molecule has 1 atom stereocenters. The van der Waals surface area contributed by atoms with Gasteiger partial charge in [0.05, 0.1) is 6.61 Å². The Morgan fingerprint density at radius 2 is 1.74 bits per heavy atom. The molecule has 3 aromatic rings. The number of hydrogen-bond acceptors (Lipinski definition) is 5. The van der Waals surface area contributed by atoms with Gasteiger partial charge in [0.2, 0.25) is 17.7 Å². The molecule has 1 aliphatic carbocycles. The summed E-state index contributed by atoms with van der Waals surface area (Å²) in [6, 6.07) is 17.8. The van der Waals surface area contributed by atoms with E-state index in [1.807, 2.05) is 63.2 Å². The Balaban J connectivity index is 1.63. The molecule has 8 heteroatoms.